The van der Waals surface area contributed by atoms with Crippen LogP contribution in [0.25, 0.3) is 11.1 Å². The zero-order valence-electron chi connectivity index (χ0n) is 39.4. The summed E-state index contributed by atoms with van der Waals surface area (Å²) in [6.45, 7) is 14.2. The molecule has 0 spiro atoms. The third-order valence-electron chi connectivity index (χ3n) is 11.3. The van der Waals surface area contributed by atoms with Gasteiger partial charge in [-0.25, -0.2) is 0 Å². The second-order valence-corrected chi connectivity index (χ2v) is 18.8. The zero-order valence-corrected chi connectivity index (χ0v) is 40.9. The van der Waals surface area contributed by atoms with Gasteiger partial charge in [0.2, 0.25) is 0 Å². The smallest absolute Gasteiger partial charge is 0.142 e. The maximum Gasteiger partial charge on any atom is 0.142 e. The van der Waals surface area contributed by atoms with Crippen LogP contribution in [0.3, 0.4) is 0 Å². The van der Waals surface area contributed by atoms with Crippen LogP contribution in [-0.2, 0) is 39.5 Å². The number of benzene rings is 4. The molecule has 4 N–H and O–H groups in total. The van der Waals surface area contributed by atoms with Crippen molar-refractivity contribution in [2.24, 2.45) is 0 Å². The van der Waals surface area contributed by atoms with Gasteiger partial charge in [-0.1, -0.05) is 59.6 Å². The molecule has 354 valence electrons. The van der Waals surface area contributed by atoms with Crippen molar-refractivity contribution in [1.29, 1.82) is 10.5 Å². The minimum Gasteiger partial charge on any atom is -0.488 e. The molecule has 2 heterocycles. The molecule has 0 saturated heterocycles. The first kappa shape index (κ1) is 51.2. The molecule has 12 nitrogen and oxygen atoms in total. The van der Waals surface area contributed by atoms with E-state index < -0.39 is 11.2 Å². The first-order valence-corrected chi connectivity index (χ1v) is 23.1. The fourth-order valence-electron chi connectivity index (χ4n) is 7.30. The molecule has 0 aliphatic heterocycles. The zero-order chi connectivity index (χ0) is 48.8. The number of nitrogens with one attached hydrogen (secondary N) is 2. The van der Waals surface area contributed by atoms with E-state index in [-0.39, 0.29) is 26.4 Å². The Kier molecular flexibility index (Phi) is 17.8. The Morgan fingerprint density at radius 3 is 1.32 bits per heavy atom. The summed E-state index contributed by atoms with van der Waals surface area (Å²) >= 11 is 13.7. The van der Waals surface area contributed by atoms with Gasteiger partial charge in [0.15, 0.2) is 0 Å². The van der Waals surface area contributed by atoms with E-state index in [9.17, 15) is 20.7 Å². The van der Waals surface area contributed by atoms with Crippen molar-refractivity contribution >= 4 is 23.2 Å². The average Bonchev–Trinajstić information content (AvgIpc) is 3.30. The Hall–Kier alpha value is -6.22. The van der Waals surface area contributed by atoms with E-state index in [1.807, 2.05) is 36.4 Å². The molecule has 0 saturated carbocycles. The van der Waals surface area contributed by atoms with Gasteiger partial charge in [-0.3, -0.25) is 9.97 Å². The van der Waals surface area contributed by atoms with Gasteiger partial charge >= 0.3 is 0 Å². The highest BCUT2D eigenvalue weighted by atomic mass is 35.5. The molecule has 0 unspecified atom stereocenters. The first-order valence-electron chi connectivity index (χ1n) is 22.4. The van der Waals surface area contributed by atoms with E-state index in [1.54, 1.807) is 64.4 Å². The van der Waals surface area contributed by atoms with Crippen molar-refractivity contribution in [3.8, 4) is 46.3 Å². The van der Waals surface area contributed by atoms with Gasteiger partial charge in [-0.2, -0.15) is 10.5 Å². The predicted octanol–water partition coefficient (Wildman–Crippen LogP) is 10.6. The molecule has 0 amide bonds. The fourth-order valence-corrected chi connectivity index (χ4v) is 7.79. The monoisotopic (exact) mass is 956 g/mol. The van der Waals surface area contributed by atoms with Crippen molar-refractivity contribution in [3.63, 3.8) is 0 Å². The molecule has 6 rings (SSSR count). The lowest BCUT2D eigenvalue weighted by Crippen LogP contribution is -2.26. The van der Waals surface area contributed by atoms with E-state index in [2.05, 4.69) is 58.7 Å². The van der Waals surface area contributed by atoms with E-state index in [1.165, 1.54) is 12.4 Å². The van der Waals surface area contributed by atoms with Gasteiger partial charge in [0, 0.05) is 72.3 Å². The standard InChI is InChI=1S/C54H58Cl2N6O6/c1-35-41(33-67-51-21-49(65-31-39-17-37(23-57)25-61-27-39)43(19-47(51)55)29-59-15-13-53(3,4)63)9-7-11-45(35)46-12-8-10-42(36(46)2)34-68-52-22-50(66-32-40-18-38(24-58)26-62-28-40)44(20-48(52)56)30-60-16-14-54(5,6)64/h7-12,17-22,25-28,59-60,63-64H,13-16,29-34H2,1-6H3. The predicted molar refractivity (Wildman–Crippen MR) is 265 cm³/mol. The number of ether oxygens (including phenoxy) is 4. The van der Waals surface area contributed by atoms with E-state index in [0.717, 1.165) is 55.6 Å². The molecule has 0 aliphatic rings. The van der Waals surface area contributed by atoms with Crippen molar-refractivity contribution in [2.75, 3.05) is 13.1 Å². The number of nitriles is 2. The average molecular weight is 958 g/mol. The molecule has 0 bridgehead atoms. The van der Waals surface area contributed by atoms with Crippen molar-refractivity contribution < 1.29 is 29.2 Å². The summed E-state index contributed by atoms with van der Waals surface area (Å²) in [4.78, 5) is 8.33. The van der Waals surface area contributed by atoms with Crippen LogP contribution in [0.4, 0.5) is 0 Å². The van der Waals surface area contributed by atoms with Crippen molar-refractivity contribution in [3.05, 3.63) is 163 Å². The van der Waals surface area contributed by atoms with Gasteiger partial charge in [0.1, 0.15) is 61.6 Å². The number of hydrogen-bond donors (Lipinski definition) is 4. The van der Waals surface area contributed by atoms with Gasteiger partial charge in [-0.05, 0) is 125 Å². The lowest BCUT2D eigenvalue weighted by molar-refractivity contribution is 0.0704. The third kappa shape index (κ3) is 14.9. The van der Waals surface area contributed by atoms with E-state index in [4.69, 9.17) is 42.1 Å². The van der Waals surface area contributed by atoms with Gasteiger partial charge in [0.25, 0.3) is 0 Å². The molecular formula is C54H58Cl2N6O6. The minimum atomic E-state index is -0.803. The highest BCUT2D eigenvalue weighted by Crippen LogP contribution is 2.37. The summed E-state index contributed by atoms with van der Waals surface area (Å²) in [7, 11) is 0. The van der Waals surface area contributed by atoms with Gasteiger partial charge < -0.3 is 39.8 Å². The molecule has 0 radical (unpaired) electrons. The first-order chi connectivity index (χ1) is 32.5. The summed E-state index contributed by atoms with van der Waals surface area (Å²) in [6.07, 6.45) is 7.47. The molecule has 0 atom stereocenters. The lowest BCUT2D eigenvalue weighted by Gasteiger charge is -2.20. The van der Waals surface area contributed by atoms with Gasteiger partial charge in [0.05, 0.1) is 32.4 Å². The van der Waals surface area contributed by atoms with Crippen LogP contribution < -0.4 is 29.6 Å². The Morgan fingerprint density at radius 1 is 0.544 bits per heavy atom. The molecule has 14 heteroatoms. The van der Waals surface area contributed by atoms with Gasteiger partial charge in [-0.15, -0.1) is 0 Å². The molecule has 6 aromatic rings. The summed E-state index contributed by atoms with van der Waals surface area (Å²) in [6, 6.07) is 27.3. The largest absolute Gasteiger partial charge is 0.488 e. The number of hydrogen-bond acceptors (Lipinski definition) is 12. The molecule has 0 fully saturated rings. The topological polar surface area (TPSA) is 175 Å². The van der Waals surface area contributed by atoms with Crippen molar-refractivity contribution in [2.45, 2.75) is 105 Å². The van der Waals surface area contributed by atoms with Crippen LogP contribution in [0.5, 0.6) is 23.0 Å². The highest BCUT2D eigenvalue weighted by Gasteiger charge is 2.19. The second kappa shape index (κ2) is 23.7. The maximum absolute atomic E-state index is 10.2. The van der Waals surface area contributed by atoms with Crippen LogP contribution in [0.15, 0.2) is 97.6 Å². The summed E-state index contributed by atoms with van der Waals surface area (Å²) in [5.41, 5.74) is 8.55. The SMILES string of the molecule is Cc1c(COc2cc(OCc3cncc(C#N)c3)c(CNCCC(C)(C)O)cc2Cl)cccc1-c1cccc(COc2cc(OCc3cncc(C#N)c3)c(CNCCC(C)(C)O)cc2Cl)c1C. The minimum absolute atomic E-state index is 0.182. The molecule has 68 heavy (non-hydrogen) atoms. The van der Waals surface area contributed by atoms with Crippen LogP contribution in [0.2, 0.25) is 10.0 Å². The van der Waals surface area contributed by atoms with Crippen LogP contribution in [0.1, 0.15) is 96.2 Å². The Morgan fingerprint density at radius 2 is 0.941 bits per heavy atom. The number of aromatic nitrogens is 2. The number of halogens is 2. The molecule has 0 aliphatic carbocycles. The number of nitrogens with zero attached hydrogens (tertiary/aromatic N) is 4. The number of rotatable bonds is 23. The summed E-state index contributed by atoms with van der Waals surface area (Å²) in [5, 5.41) is 46.8. The normalized spacial score (nSPS) is 11.5. The molecule has 4 aromatic carbocycles. The Balaban J connectivity index is 1.18. The van der Waals surface area contributed by atoms with E-state index >= 15 is 0 Å². The van der Waals surface area contributed by atoms with Crippen molar-refractivity contribution in [1.82, 2.24) is 20.6 Å². The Bertz CT molecular complexity index is 2590. The van der Waals surface area contributed by atoms with E-state index in [0.29, 0.717) is 83.2 Å². The summed E-state index contributed by atoms with van der Waals surface area (Å²) in [5.74, 6) is 2.05. The van der Waals surface area contributed by atoms with Crippen LogP contribution >= 0.6 is 23.2 Å². The molecular weight excluding hydrogens is 900 g/mol. The van der Waals surface area contributed by atoms with Crippen LogP contribution in [0, 0.1) is 36.5 Å². The second-order valence-electron chi connectivity index (χ2n) is 18.0. The highest BCUT2D eigenvalue weighted by molar-refractivity contribution is 6.32. The quantitative estimate of drug-likeness (QED) is 0.0448. The third-order valence-corrected chi connectivity index (χ3v) is 11.9. The number of aliphatic hydroxyl groups is 2. The maximum atomic E-state index is 10.2. The lowest BCUT2D eigenvalue weighted by atomic mass is 9.92. The number of pyridine rings is 2. The summed E-state index contributed by atoms with van der Waals surface area (Å²) < 4.78 is 25.4. The Labute approximate surface area is 409 Å². The molecule has 2 aromatic heterocycles. The fraction of sp³-hybridized carbons (Fsp3) is 0.333. The van der Waals surface area contributed by atoms with Crippen LogP contribution in [-0.4, -0.2) is 44.5 Å².